The van der Waals surface area contributed by atoms with Crippen molar-refractivity contribution in [2.45, 2.75) is 114 Å². The summed E-state index contributed by atoms with van der Waals surface area (Å²) < 4.78 is 15.9. The van der Waals surface area contributed by atoms with E-state index < -0.39 is 10.3 Å². The van der Waals surface area contributed by atoms with Gasteiger partial charge < -0.3 is 30.1 Å². The van der Waals surface area contributed by atoms with Gasteiger partial charge in [0.1, 0.15) is 15.7 Å². The van der Waals surface area contributed by atoms with Gasteiger partial charge in [-0.25, -0.2) is 14.5 Å². The molecule has 0 bridgehead atoms. The average Bonchev–Trinajstić information content (AvgIpc) is 3.65. The van der Waals surface area contributed by atoms with E-state index in [0.717, 1.165) is 98.2 Å². The molecule has 0 amide bonds. The second kappa shape index (κ2) is 24.4. The summed E-state index contributed by atoms with van der Waals surface area (Å²) in [7, 11) is 3.52. The van der Waals surface area contributed by atoms with E-state index in [-0.39, 0.29) is 74.6 Å². The molecule has 2 N–H and O–H groups in total. The second-order valence-corrected chi connectivity index (χ2v) is 18.4. The molecule has 61 heavy (non-hydrogen) atoms. The fourth-order valence-corrected chi connectivity index (χ4v) is 11.5. The molecule has 2 aromatic rings. The minimum absolute atomic E-state index is 0. The molecular formula is C44H53Cl2N4NaO8S2. The summed E-state index contributed by atoms with van der Waals surface area (Å²) in [4.78, 5) is 44.5. The van der Waals surface area contributed by atoms with Gasteiger partial charge in [0.2, 0.25) is 0 Å². The molecule has 0 aliphatic heterocycles. The standard InChI is InChI=1S/C21H28N2O3.C21H24N2O2S.CCl2S.CH2O3.Na/c1-5-14-12-20(10-9-18(14)25-4)13-15-7-8-16(23-3)11-17(15)21(20,22)19(24)26-6-2;1-5-15-11-20(9-8-19(15)25-4)12-16-6-7-17(23-3)10-18(16)21(20,14(2)24)26-13-22;2-1(3)4;2-1-4-3;/h7-8,11,14,18H,5-6,9-10,12-13,22H2,1-2,4H3;6-7,10,15,19H,5,8-9,11-12H2,1-2,4H3;;1,3H;/q;;;;+1/p-1/t14-,18-,20-,21-;15-,19-,20-,21+;;;/m11.../s1. The minimum atomic E-state index is -1.20. The fraction of sp³-hybridized carbons (Fsp3) is 0.568. The molecular weight excluding hydrogens is 871 g/mol. The van der Waals surface area contributed by atoms with E-state index in [0.29, 0.717) is 29.8 Å². The number of nitrogens with zero attached hydrogens (tertiary/aromatic N) is 3. The summed E-state index contributed by atoms with van der Waals surface area (Å²) in [6, 6.07) is 11.2. The number of nitriles is 1. The number of nitrogens with two attached hydrogens (primary N) is 1. The van der Waals surface area contributed by atoms with Crippen molar-refractivity contribution in [3.05, 3.63) is 81.5 Å². The van der Waals surface area contributed by atoms with Crippen LogP contribution in [0.3, 0.4) is 0 Å². The zero-order valence-corrected chi connectivity index (χ0v) is 41.0. The number of hydrogen-bond donors (Lipinski definition) is 1. The normalized spacial score (nSPS) is 28.7. The Morgan fingerprint density at radius 2 is 1.39 bits per heavy atom. The Labute approximate surface area is 401 Å². The van der Waals surface area contributed by atoms with Crippen LogP contribution in [0.1, 0.15) is 101 Å². The first-order chi connectivity index (χ1) is 28.6. The van der Waals surface area contributed by atoms with E-state index in [4.69, 9.17) is 66.3 Å². The smallest absolute Gasteiger partial charge is 0.662 e. The van der Waals surface area contributed by atoms with Gasteiger partial charge in [-0.3, -0.25) is 9.59 Å². The van der Waals surface area contributed by atoms with Crippen molar-refractivity contribution in [3.8, 4) is 5.40 Å². The Bertz CT molecular complexity index is 2010. The van der Waals surface area contributed by atoms with Crippen LogP contribution in [0.4, 0.5) is 11.4 Å². The van der Waals surface area contributed by atoms with Crippen LogP contribution in [0.5, 0.6) is 0 Å². The van der Waals surface area contributed by atoms with Crippen LogP contribution in [-0.4, -0.2) is 55.0 Å². The molecule has 0 heterocycles. The van der Waals surface area contributed by atoms with Gasteiger partial charge in [0.05, 0.1) is 32.0 Å². The number of Topliss-reactive ketones (excluding diaryl/α,β-unsaturated/α-hetero) is 1. The Hall–Kier alpha value is -2.62. The average molecular weight is 924 g/mol. The number of halogens is 2. The van der Waals surface area contributed by atoms with E-state index >= 15 is 0 Å². The summed E-state index contributed by atoms with van der Waals surface area (Å²) in [5.41, 5.74) is 9.94. The minimum Gasteiger partial charge on any atom is -0.662 e. The molecule has 2 fully saturated rings. The molecule has 0 radical (unpaired) electrons. The predicted molar refractivity (Wildman–Crippen MR) is 234 cm³/mol. The van der Waals surface area contributed by atoms with Crippen LogP contribution in [-0.2, 0) is 56.6 Å². The van der Waals surface area contributed by atoms with Gasteiger partial charge in [0, 0.05) is 25.0 Å². The van der Waals surface area contributed by atoms with Crippen LogP contribution in [0.15, 0.2) is 36.4 Å². The van der Waals surface area contributed by atoms with E-state index in [9.17, 15) is 14.9 Å². The van der Waals surface area contributed by atoms with Crippen molar-refractivity contribution in [2.24, 2.45) is 28.4 Å². The zero-order valence-electron chi connectivity index (χ0n) is 35.9. The number of carbonyl (C=O) groups is 3. The quantitative estimate of drug-likeness (QED) is 0.0364. The van der Waals surface area contributed by atoms with E-state index in [1.54, 1.807) is 34.1 Å². The van der Waals surface area contributed by atoms with Crippen LogP contribution in [0.25, 0.3) is 9.69 Å². The molecule has 324 valence electrons. The maximum absolute atomic E-state index is 13.1. The van der Waals surface area contributed by atoms with Crippen molar-refractivity contribution < 1.29 is 68.3 Å². The molecule has 17 heteroatoms. The third-order valence-electron chi connectivity index (χ3n) is 13.0. The molecule has 6 rings (SSSR count). The monoisotopic (exact) mass is 922 g/mol. The zero-order chi connectivity index (χ0) is 44.9. The molecule has 2 spiro atoms. The molecule has 2 saturated carbocycles. The molecule has 0 unspecified atom stereocenters. The second-order valence-electron chi connectivity index (χ2n) is 15.6. The third-order valence-corrected chi connectivity index (χ3v) is 14.4. The van der Waals surface area contributed by atoms with Gasteiger partial charge in [-0.2, -0.15) is 5.26 Å². The number of thioether (sulfide) groups is 1. The van der Waals surface area contributed by atoms with Crippen molar-refractivity contribution in [3.63, 3.8) is 0 Å². The number of thiocyanates is 1. The molecule has 4 aliphatic rings. The molecule has 0 aromatic heterocycles. The number of thiocarbonyl (C=S) groups is 1. The summed E-state index contributed by atoms with van der Waals surface area (Å²) in [6.07, 6.45) is 9.12. The van der Waals surface area contributed by atoms with Gasteiger partial charge in [-0.15, -0.1) is 0 Å². The maximum atomic E-state index is 13.1. The number of methoxy groups -OCH3 is 2. The topological polar surface area (TPSA) is 170 Å². The van der Waals surface area contributed by atoms with Crippen LogP contribution in [0.2, 0.25) is 0 Å². The fourth-order valence-electron chi connectivity index (χ4n) is 10.5. The maximum Gasteiger partial charge on any atom is 1.00 e. The number of ether oxygens (including phenoxy) is 3. The van der Waals surface area contributed by atoms with Crippen molar-refractivity contribution >= 4 is 80.6 Å². The number of carbonyl (C=O) groups excluding carboxylic acids is 3. The van der Waals surface area contributed by atoms with Gasteiger partial charge in [0.25, 0.3) is 6.47 Å². The summed E-state index contributed by atoms with van der Waals surface area (Å²) in [5.74, 6) is 0.393. The van der Waals surface area contributed by atoms with Crippen LogP contribution < -0.4 is 40.5 Å². The Morgan fingerprint density at radius 3 is 1.80 bits per heavy atom. The Balaban J connectivity index is 0.000000352. The van der Waals surface area contributed by atoms with E-state index in [2.05, 4.69) is 46.0 Å². The predicted octanol–water partition coefficient (Wildman–Crippen LogP) is 5.91. The number of hydrogen-bond acceptors (Lipinski definition) is 12. The number of fused-ring (bicyclic) bond motifs is 2. The number of benzene rings is 2. The summed E-state index contributed by atoms with van der Waals surface area (Å²) in [6.45, 7) is 22.5. The summed E-state index contributed by atoms with van der Waals surface area (Å²) >= 11 is 14.7. The van der Waals surface area contributed by atoms with Gasteiger partial charge in [0.15, 0.2) is 20.9 Å². The molecule has 12 nitrogen and oxygen atoms in total. The third kappa shape index (κ3) is 11.2. The van der Waals surface area contributed by atoms with Crippen LogP contribution >= 0.6 is 47.2 Å². The van der Waals surface area contributed by atoms with Gasteiger partial charge >= 0.3 is 35.5 Å². The van der Waals surface area contributed by atoms with E-state index in [1.165, 1.54) is 0 Å². The first-order valence-corrected chi connectivity index (χ1v) is 21.7. The van der Waals surface area contributed by atoms with Crippen LogP contribution in [0, 0.1) is 46.5 Å². The Kier molecular flexibility index (Phi) is 21.8. The van der Waals surface area contributed by atoms with Gasteiger partial charge in [-0.1, -0.05) is 98.5 Å². The molecule has 4 aliphatic carbocycles. The van der Waals surface area contributed by atoms with Crippen molar-refractivity contribution in [2.75, 3.05) is 20.8 Å². The van der Waals surface area contributed by atoms with Crippen molar-refractivity contribution in [1.82, 2.24) is 0 Å². The Morgan fingerprint density at radius 1 is 0.951 bits per heavy atom. The molecule has 8 atom stereocenters. The first-order valence-electron chi connectivity index (χ1n) is 19.8. The SMILES string of the molecule is O=CO[O-].S=C(Cl)Cl.[C-]#[N+]c1ccc2c(c1)[C@@](N)(C(=O)OCC)[C@@]1(CC[C@@H](OC)[C@H](CC)C1)C2.[C-]#[N+]c1ccc2c(c1)[C@@](SC#N)(C(C)=O)[C@@]1(CC[C@@H](OC)[C@H](CC)C1)C2.[Na+]. The van der Waals surface area contributed by atoms with E-state index in [1.807, 2.05) is 30.3 Å². The first kappa shape index (κ1) is 54.5. The molecule has 2 aromatic carbocycles. The van der Waals surface area contributed by atoms with Gasteiger partial charge in [-0.05, 0) is 111 Å². The summed E-state index contributed by atoms with van der Waals surface area (Å²) in [5, 5.41) is 20.3. The van der Waals surface area contributed by atoms with Crippen molar-refractivity contribution in [1.29, 1.82) is 5.26 Å². The molecule has 0 saturated heterocycles. The number of rotatable bonds is 9. The number of ketones is 1. The largest absolute Gasteiger partial charge is 1.00 e. The number of esters is 1.